The summed E-state index contributed by atoms with van der Waals surface area (Å²) in [6.07, 6.45) is 2.68. The predicted octanol–water partition coefficient (Wildman–Crippen LogP) is 2.95. The second-order valence-corrected chi connectivity index (χ2v) is 6.54. The highest BCUT2D eigenvalue weighted by Gasteiger charge is 2.28. The Hall–Kier alpha value is -0.810. The molecule has 1 aliphatic carbocycles. The van der Waals surface area contributed by atoms with Crippen molar-refractivity contribution in [3.05, 3.63) is 35.4 Å². The average Bonchev–Trinajstić information content (AvgIpc) is 3.38. The number of hydrogen-bond acceptors (Lipinski definition) is 3. The third-order valence-corrected chi connectivity index (χ3v) is 4.82. The molecule has 0 unspecified atom stereocenters. The number of benzene rings is 1. The van der Waals surface area contributed by atoms with Gasteiger partial charge >= 0.3 is 0 Å². The number of carbonyl (C=O) groups excluding carboxylic acids is 1. The summed E-state index contributed by atoms with van der Waals surface area (Å²) in [7, 11) is 0. The van der Waals surface area contributed by atoms with E-state index < -0.39 is 0 Å². The van der Waals surface area contributed by atoms with Crippen molar-refractivity contribution in [2.45, 2.75) is 45.3 Å². The fourth-order valence-electron chi connectivity index (χ4n) is 3.23. The smallest absolute Gasteiger partial charge is 0.254 e. The maximum atomic E-state index is 12.6. The van der Waals surface area contributed by atoms with Crippen LogP contribution in [-0.4, -0.2) is 54.0 Å². The third-order valence-electron chi connectivity index (χ3n) is 4.82. The SMILES string of the molecule is CCN(Cc1ccc(C(=O)N2CCNC[C@H]2C)cc1)C1CC1.Cl.Cl. The van der Waals surface area contributed by atoms with Crippen LogP contribution in [0.25, 0.3) is 0 Å². The van der Waals surface area contributed by atoms with Gasteiger partial charge in [-0.2, -0.15) is 0 Å². The Morgan fingerprint density at radius 3 is 2.46 bits per heavy atom. The molecule has 0 spiro atoms. The number of amides is 1. The molecule has 24 heavy (non-hydrogen) atoms. The van der Waals surface area contributed by atoms with Crippen molar-refractivity contribution >= 4 is 30.7 Å². The molecule has 3 rings (SSSR count). The summed E-state index contributed by atoms with van der Waals surface area (Å²) in [4.78, 5) is 17.1. The molecule has 4 nitrogen and oxygen atoms in total. The molecule has 1 saturated carbocycles. The van der Waals surface area contributed by atoms with Gasteiger partial charge in [-0.15, -0.1) is 24.8 Å². The maximum absolute atomic E-state index is 12.6. The van der Waals surface area contributed by atoms with Crippen LogP contribution in [0.3, 0.4) is 0 Å². The lowest BCUT2D eigenvalue weighted by Gasteiger charge is -2.34. The van der Waals surface area contributed by atoms with Crippen molar-refractivity contribution in [1.82, 2.24) is 15.1 Å². The zero-order valence-electron chi connectivity index (χ0n) is 14.5. The fraction of sp³-hybridized carbons (Fsp3) is 0.611. The van der Waals surface area contributed by atoms with Gasteiger partial charge in [-0.3, -0.25) is 9.69 Å². The largest absolute Gasteiger partial charge is 0.333 e. The van der Waals surface area contributed by atoms with Gasteiger partial charge in [0.2, 0.25) is 0 Å². The summed E-state index contributed by atoms with van der Waals surface area (Å²) in [5.41, 5.74) is 2.12. The Bertz CT molecular complexity index is 520. The van der Waals surface area contributed by atoms with Crippen molar-refractivity contribution in [1.29, 1.82) is 0 Å². The molecule has 1 amide bonds. The lowest BCUT2D eigenvalue weighted by molar-refractivity contribution is 0.0655. The summed E-state index contributed by atoms with van der Waals surface area (Å²) in [5, 5.41) is 3.33. The minimum atomic E-state index is 0. The van der Waals surface area contributed by atoms with Gasteiger partial charge in [0.1, 0.15) is 0 Å². The summed E-state index contributed by atoms with van der Waals surface area (Å²) >= 11 is 0. The Morgan fingerprint density at radius 1 is 1.25 bits per heavy atom. The number of piperazine rings is 1. The van der Waals surface area contributed by atoms with E-state index in [0.717, 1.165) is 44.3 Å². The van der Waals surface area contributed by atoms with Crippen molar-refractivity contribution in [3.63, 3.8) is 0 Å². The molecule has 1 heterocycles. The highest BCUT2D eigenvalue weighted by atomic mass is 35.5. The predicted molar refractivity (Wildman–Crippen MR) is 103 cm³/mol. The van der Waals surface area contributed by atoms with E-state index in [4.69, 9.17) is 0 Å². The quantitative estimate of drug-likeness (QED) is 0.861. The number of rotatable bonds is 5. The zero-order chi connectivity index (χ0) is 15.5. The lowest BCUT2D eigenvalue weighted by atomic mass is 10.1. The van der Waals surface area contributed by atoms with Crippen LogP contribution in [0.5, 0.6) is 0 Å². The second-order valence-electron chi connectivity index (χ2n) is 6.54. The molecule has 0 radical (unpaired) electrons. The van der Waals surface area contributed by atoms with Gasteiger partial charge in [-0.05, 0) is 44.0 Å². The van der Waals surface area contributed by atoms with Gasteiger partial charge in [0.15, 0.2) is 0 Å². The molecule has 1 aromatic carbocycles. The van der Waals surface area contributed by atoms with E-state index in [-0.39, 0.29) is 36.8 Å². The van der Waals surface area contributed by atoms with E-state index in [1.54, 1.807) is 0 Å². The van der Waals surface area contributed by atoms with E-state index in [0.29, 0.717) is 0 Å². The third kappa shape index (κ3) is 5.09. The molecule has 2 aliphatic rings. The average molecular weight is 374 g/mol. The van der Waals surface area contributed by atoms with Crippen molar-refractivity contribution in [2.24, 2.45) is 0 Å². The van der Waals surface area contributed by atoms with Gasteiger partial charge in [-0.1, -0.05) is 19.1 Å². The normalized spacial score (nSPS) is 20.3. The molecule has 1 atom stereocenters. The zero-order valence-corrected chi connectivity index (χ0v) is 16.2. The minimum Gasteiger partial charge on any atom is -0.333 e. The molecule has 1 aromatic rings. The van der Waals surface area contributed by atoms with E-state index in [1.807, 2.05) is 17.0 Å². The van der Waals surface area contributed by atoms with Crippen LogP contribution in [0.4, 0.5) is 0 Å². The molecule has 0 bridgehead atoms. The first-order valence-corrected chi connectivity index (χ1v) is 8.53. The minimum absolute atomic E-state index is 0. The highest BCUT2D eigenvalue weighted by Crippen LogP contribution is 2.28. The van der Waals surface area contributed by atoms with Crippen LogP contribution >= 0.6 is 24.8 Å². The van der Waals surface area contributed by atoms with E-state index >= 15 is 0 Å². The summed E-state index contributed by atoms with van der Waals surface area (Å²) in [6.45, 7) is 9.00. The standard InChI is InChI=1S/C18H27N3O.2ClH/c1-3-20(17-8-9-17)13-15-4-6-16(7-5-15)18(22)21-11-10-19-12-14(21)2;;/h4-7,14,17,19H,3,8-13H2,1-2H3;2*1H/t14-;;/m1../s1. The molecule has 1 aliphatic heterocycles. The monoisotopic (exact) mass is 373 g/mol. The second kappa shape index (κ2) is 9.62. The Labute approximate surface area is 157 Å². The number of carbonyl (C=O) groups is 1. The number of nitrogens with zero attached hydrogens (tertiary/aromatic N) is 2. The van der Waals surface area contributed by atoms with Crippen LogP contribution in [-0.2, 0) is 6.54 Å². The fourth-order valence-corrected chi connectivity index (χ4v) is 3.23. The van der Waals surface area contributed by atoms with Gasteiger partial charge in [0.05, 0.1) is 0 Å². The molecule has 136 valence electrons. The molecule has 0 aromatic heterocycles. The first kappa shape index (κ1) is 21.2. The highest BCUT2D eigenvalue weighted by molar-refractivity contribution is 5.94. The van der Waals surface area contributed by atoms with E-state index in [9.17, 15) is 4.79 Å². The summed E-state index contributed by atoms with van der Waals surface area (Å²) < 4.78 is 0. The van der Waals surface area contributed by atoms with Gasteiger partial charge in [-0.25, -0.2) is 0 Å². The Kier molecular flexibility index (Phi) is 8.51. The van der Waals surface area contributed by atoms with Crippen LogP contribution < -0.4 is 5.32 Å². The van der Waals surface area contributed by atoms with Crippen LogP contribution in [0.2, 0.25) is 0 Å². The summed E-state index contributed by atoms with van der Waals surface area (Å²) in [5.74, 6) is 0.162. The van der Waals surface area contributed by atoms with Crippen LogP contribution in [0.1, 0.15) is 42.6 Å². The molecule has 1 saturated heterocycles. The Morgan fingerprint density at radius 2 is 1.92 bits per heavy atom. The van der Waals surface area contributed by atoms with Crippen LogP contribution in [0, 0.1) is 0 Å². The molecular weight excluding hydrogens is 345 g/mol. The molecule has 6 heteroatoms. The Balaban J connectivity index is 0.00000144. The number of halogens is 2. The van der Waals surface area contributed by atoms with Crippen molar-refractivity contribution < 1.29 is 4.79 Å². The van der Waals surface area contributed by atoms with Crippen LogP contribution in [0.15, 0.2) is 24.3 Å². The maximum Gasteiger partial charge on any atom is 0.254 e. The van der Waals surface area contributed by atoms with Gasteiger partial charge in [0, 0.05) is 43.8 Å². The number of hydrogen-bond donors (Lipinski definition) is 1. The summed E-state index contributed by atoms with van der Waals surface area (Å²) in [6, 6.07) is 9.27. The van der Waals surface area contributed by atoms with Gasteiger partial charge in [0.25, 0.3) is 5.91 Å². The van der Waals surface area contributed by atoms with Gasteiger partial charge < -0.3 is 10.2 Å². The van der Waals surface area contributed by atoms with Crippen molar-refractivity contribution in [3.8, 4) is 0 Å². The molecule has 2 fully saturated rings. The topological polar surface area (TPSA) is 35.6 Å². The van der Waals surface area contributed by atoms with Crippen molar-refractivity contribution in [2.75, 3.05) is 26.2 Å². The lowest BCUT2D eigenvalue weighted by Crippen LogP contribution is -2.52. The number of nitrogens with one attached hydrogen (secondary N) is 1. The molecular formula is C18H29Cl2N3O. The van der Waals surface area contributed by atoms with E-state index in [1.165, 1.54) is 18.4 Å². The first-order valence-electron chi connectivity index (χ1n) is 8.53. The first-order chi connectivity index (χ1) is 10.7. The molecule has 1 N–H and O–H groups in total. The van der Waals surface area contributed by atoms with E-state index in [2.05, 4.69) is 36.2 Å².